The van der Waals surface area contributed by atoms with Crippen LogP contribution in [0.4, 0.5) is 8.78 Å². The number of rotatable bonds is 6. The Morgan fingerprint density at radius 1 is 1.02 bits per heavy atom. The number of benzene rings is 2. The number of aromatic nitrogens is 3. The molecule has 2 fully saturated rings. The Bertz CT molecular complexity index is 1570. The minimum Gasteiger partial charge on any atom is -0.381 e. The zero-order valence-electron chi connectivity index (χ0n) is 24.4. The lowest BCUT2D eigenvalue weighted by Gasteiger charge is -2.34. The van der Waals surface area contributed by atoms with Gasteiger partial charge in [-0.05, 0) is 93.7 Å². The molecule has 1 saturated carbocycles. The van der Waals surface area contributed by atoms with Gasteiger partial charge in [0, 0.05) is 31.1 Å². The van der Waals surface area contributed by atoms with E-state index >= 15 is 0 Å². The highest BCUT2D eigenvalue weighted by atomic mass is 19.2. The first-order valence-electron chi connectivity index (χ1n) is 14.8. The summed E-state index contributed by atoms with van der Waals surface area (Å²) >= 11 is 0. The van der Waals surface area contributed by atoms with Crippen LogP contribution in [0.3, 0.4) is 0 Å². The van der Waals surface area contributed by atoms with Crippen LogP contribution in [0.25, 0.3) is 22.2 Å². The minimum atomic E-state index is -0.867. The van der Waals surface area contributed by atoms with E-state index in [4.69, 9.17) is 19.0 Å². The SMILES string of the molecule is CO[C@H]1CC[C@H](n2c([C@H]3COCC(=O)CCC3Cc3ccc(F)c(F)c3)nc3cc(-c4c(C)noc4C)ccc32)CC1. The molecule has 0 spiro atoms. The highest BCUT2D eigenvalue weighted by Crippen LogP contribution is 2.41. The Hall–Kier alpha value is -3.43. The zero-order valence-corrected chi connectivity index (χ0v) is 24.4. The third-order valence-electron chi connectivity index (χ3n) is 9.12. The molecule has 6 rings (SSSR count). The van der Waals surface area contributed by atoms with Crippen molar-refractivity contribution in [2.75, 3.05) is 20.3 Å². The first-order chi connectivity index (χ1) is 20.3. The molecule has 1 saturated heterocycles. The monoisotopic (exact) mass is 577 g/mol. The van der Waals surface area contributed by atoms with Gasteiger partial charge in [-0.25, -0.2) is 13.8 Å². The predicted molar refractivity (Wildman–Crippen MR) is 154 cm³/mol. The van der Waals surface area contributed by atoms with E-state index in [1.807, 2.05) is 13.8 Å². The molecule has 1 aliphatic carbocycles. The molecule has 1 aliphatic heterocycles. The largest absolute Gasteiger partial charge is 0.381 e. The second kappa shape index (κ2) is 12.1. The van der Waals surface area contributed by atoms with Crippen molar-refractivity contribution in [3.8, 4) is 11.1 Å². The Labute approximate surface area is 244 Å². The summed E-state index contributed by atoms with van der Waals surface area (Å²) in [6.45, 7) is 4.25. The number of nitrogens with zero attached hydrogens (tertiary/aromatic N) is 3. The molecule has 4 aromatic rings. The van der Waals surface area contributed by atoms with E-state index in [9.17, 15) is 13.6 Å². The topological polar surface area (TPSA) is 79.4 Å². The van der Waals surface area contributed by atoms with Crippen molar-refractivity contribution in [1.82, 2.24) is 14.7 Å². The Balaban J connectivity index is 1.45. The lowest BCUT2D eigenvalue weighted by atomic mass is 9.81. The van der Waals surface area contributed by atoms with Gasteiger partial charge in [-0.1, -0.05) is 17.3 Å². The maximum atomic E-state index is 14.2. The number of carbonyl (C=O) groups is 1. The summed E-state index contributed by atoms with van der Waals surface area (Å²) in [6.07, 6.45) is 5.59. The lowest BCUT2D eigenvalue weighted by molar-refractivity contribution is -0.125. The fourth-order valence-corrected chi connectivity index (χ4v) is 6.91. The molecule has 0 amide bonds. The summed E-state index contributed by atoms with van der Waals surface area (Å²) in [4.78, 5) is 17.7. The fourth-order valence-electron chi connectivity index (χ4n) is 6.91. The number of Topliss-reactive ketones (excluding diaryl/α,β-unsaturated/α-hetero) is 1. The van der Waals surface area contributed by atoms with Crippen LogP contribution in [0.1, 0.15) is 73.3 Å². The number of ether oxygens (including phenoxy) is 2. The smallest absolute Gasteiger partial charge is 0.159 e. The lowest BCUT2D eigenvalue weighted by Crippen LogP contribution is -2.30. The molecule has 42 heavy (non-hydrogen) atoms. The van der Waals surface area contributed by atoms with Crippen molar-refractivity contribution in [3.63, 3.8) is 0 Å². The van der Waals surface area contributed by atoms with Crippen LogP contribution in [0.5, 0.6) is 0 Å². The third-order valence-corrected chi connectivity index (χ3v) is 9.12. The number of fused-ring (bicyclic) bond motifs is 1. The highest BCUT2D eigenvalue weighted by Gasteiger charge is 2.34. The van der Waals surface area contributed by atoms with Crippen molar-refractivity contribution >= 4 is 16.8 Å². The molecule has 2 aromatic carbocycles. The highest BCUT2D eigenvalue weighted by molar-refractivity contribution is 5.84. The van der Waals surface area contributed by atoms with Crippen LogP contribution >= 0.6 is 0 Å². The van der Waals surface area contributed by atoms with E-state index in [0.29, 0.717) is 31.4 Å². The fraction of sp³-hybridized carbons (Fsp3) is 0.485. The number of methoxy groups -OCH3 is 1. The van der Waals surface area contributed by atoms with Crippen LogP contribution in [0, 0.1) is 31.4 Å². The first kappa shape index (κ1) is 28.7. The van der Waals surface area contributed by atoms with Crippen molar-refractivity contribution in [2.45, 2.75) is 76.9 Å². The van der Waals surface area contributed by atoms with Crippen molar-refractivity contribution in [1.29, 1.82) is 0 Å². The molecule has 0 radical (unpaired) electrons. The summed E-state index contributed by atoms with van der Waals surface area (Å²) in [7, 11) is 1.77. The molecule has 2 atom stereocenters. The summed E-state index contributed by atoms with van der Waals surface area (Å²) in [5.41, 5.74) is 5.41. The average Bonchev–Trinajstić information content (AvgIpc) is 3.52. The van der Waals surface area contributed by atoms with Crippen LogP contribution < -0.4 is 0 Å². The van der Waals surface area contributed by atoms with Gasteiger partial charge in [-0.15, -0.1) is 0 Å². The molecular weight excluding hydrogens is 540 g/mol. The maximum Gasteiger partial charge on any atom is 0.159 e. The minimum absolute atomic E-state index is 0.0491. The summed E-state index contributed by atoms with van der Waals surface area (Å²) in [5.74, 6) is -0.185. The standard InChI is InChI=1S/C33H37F2N3O4/c1-19-32(20(2)42-37-19)23-6-13-31-30(16-23)36-33(38(31)24-7-10-26(40-3)11-8-24)27-18-41-17-25(39)9-5-22(27)14-21-4-12-28(34)29(35)15-21/h4,6,12-13,15-16,22,24,26-27H,5,7-11,14,17-18H2,1-3H3/t22?,24-,26-,27-/m0/s1. The normalized spacial score (nSPS) is 23.7. The Morgan fingerprint density at radius 3 is 2.55 bits per heavy atom. The first-order valence-corrected chi connectivity index (χ1v) is 14.8. The quantitative estimate of drug-likeness (QED) is 0.245. The predicted octanol–water partition coefficient (Wildman–Crippen LogP) is 7.04. The number of imidazole rings is 1. The van der Waals surface area contributed by atoms with Crippen molar-refractivity contribution in [2.24, 2.45) is 5.92 Å². The van der Waals surface area contributed by atoms with Gasteiger partial charge < -0.3 is 18.6 Å². The zero-order chi connectivity index (χ0) is 29.4. The van der Waals surface area contributed by atoms with Crippen molar-refractivity contribution in [3.05, 3.63) is 70.9 Å². The van der Waals surface area contributed by atoms with Gasteiger partial charge in [0.15, 0.2) is 17.4 Å². The van der Waals surface area contributed by atoms with Gasteiger partial charge in [0.1, 0.15) is 18.2 Å². The summed E-state index contributed by atoms with van der Waals surface area (Å²) in [5, 5.41) is 4.14. The van der Waals surface area contributed by atoms with Gasteiger partial charge in [0.05, 0.1) is 29.4 Å². The average molecular weight is 578 g/mol. The summed E-state index contributed by atoms with van der Waals surface area (Å²) in [6, 6.07) is 10.6. The van der Waals surface area contributed by atoms with E-state index in [1.165, 1.54) is 12.1 Å². The summed E-state index contributed by atoms with van der Waals surface area (Å²) < 4.78 is 47.4. The molecule has 0 N–H and O–H groups in total. The van der Waals surface area contributed by atoms with Crippen LogP contribution in [0.2, 0.25) is 0 Å². The molecule has 2 aliphatic rings. The van der Waals surface area contributed by atoms with Crippen LogP contribution in [-0.4, -0.2) is 46.9 Å². The Morgan fingerprint density at radius 2 is 1.83 bits per heavy atom. The molecule has 7 nitrogen and oxygen atoms in total. The number of hydrogen-bond acceptors (Lipinski definition) is 6. The van der Waals surface area contributed by atoms with Crippen molar-refractivity contribution < 1.29 is 27.6 Å². The van der Waals surface area contributed by atoms with E-state index in [2.05, 4.69) is 27.9 Å². The van der Waals surface area contributed by atoms with E-state index in [-0.39, 0.29) is 36.4 Å². The number of carbonyl (C=O) groups excluding carboxylic acids is 1. The van der Waals surface area contributed by atoms with Gasteiger partial charge in [0.25, 0.3) is 0 Å². The Kier molecular flexibility index (Phi) is 8.23. The number of aryl methyl sites for hydroxylation is 2. The second-order valence-electron chi connectivity index (χ2n) is 11.8. The van der Waals surface area contributed by atoms with Gasteiger partial charge in [0.2, 0.25) is 0 Å². The second-order valence-corrected chi connectivity index (χ2v) is 11.8. The molecule has 9 heteroatoms. The van der Waals surface area contributed by atoms with E-state index in [0.717, 1.165) is 65.1 Å². The third kappa shape index (κ3) is 5.64. The van der Waals surface area contributed by atoms with E-state index < -0.39 is 11.6 Å². The van der Waals surface area contributed by atoms with Crippen LogP contribution in [-0.2, 0) is 20.7 Å². The molecule has 3 heterocycles. The number of halogens is 2. The molecule has 2 aromatic heterocycles. The van der Waals surface area contributed by atoms with Gasteiger partial charge in [-0.2, -0.15) is 0 Å². The molecule has 222 valence electrons. The molecule has 0 bridgehead atoms. The van der Waals surface area contributed by atoms with Gasteiger partial charge in [-0.3, -0.25) is 4.79 Å². The van der Waals surface area contributed by atoms with E-state index in [1.54, 1.807) is 13.2 Å². The molecule has 1 unspecified atom stereocenters. The molecular formula is C33H37F2N3O4. The van der Waals surface area contributed by atoms with Gasteiger partial charge >= 0.3 is 0 Å². The number of ketones is 1. The number of hydrogen-bond donors (Lipinski definition) is 0. The van der Waals surface area contributed by atoms with Crippen LogP contribution in [0.15, 0.2) is 40.9 Å². The maximum absolute atomic E-state index is 14.2.